The Labute approximate surface area is 120 Å². The Bertz CT molecular complexity index is 470. The highest BCUT2D eigenvalue weighted by molar-refractivity contribution is 5.24. The third-order valence-electron chi connectivity index (χ3n) is 4.60. The van der Waals surface area contributed by atoms with Crippen LogP contribution in [0.4, 0.5) is 0 Å². The summed E-state index contributed by atoms with van der Waals surface area (Å²) >= 11 is 0. The summed E-state index contributed by atoms with van der Waals surface area (Å²) in [5.41, 5.74) is 0.0318. The van der Waals surface area contributed by atoms with Crippen molar-refractivity contribution >= 4 is 0 Å². The molecule has 108 valence electrons. The summed E-state index contributed by atoms with van der Waals surface area (Å²) in [4.78, 5) is 4.12. The van der Waals surface area contributed by atoms with Gasteiger partial charge in [-0.05, 0) is 37.7 Å². The second-order valence-corrected chi connectivity index (χ2v) is 5.66. The first-order valence-electron chi connectivity index (χ1n) is 7.24. The summed E-state index contributed by atoms with van der Waals surface area (Å²) in [6.45, 7) is 2.19. The number of hydrogen-bond donors (Lipinski definition) is 1. The molecule has 1 saturated carbocycles. The van der Waals surface area contributed by atoms with Gasteiger partial charge >= 0.3 is 0 Å². The molecule has 20 heavy (non-hydrogen) atoms. The zero-order valence-corrected chi connectivity index (χ0v) is 12.2. The maximum Gasteiger partial charge on any atom is 0.212 e. The van der Waals surface area contributed by atoms with Gasteiger partial charge in [-0.25, -0.2) is 4.98 Å². The Morgan fingerprint density at radius 3 is 2.65 bits per heavy atom. The van der Waals surface area contributed by atoms with Gasteiger partial charge in [0.15, 0.2) is 0 Å². The van der Waals surface area contributed by atoms with Crippen molar-refractivity contribution in [3.05, 3.63) is 23.9 Å². The van der Waals surface area contributed by atoms with E-state index in [0.717, 1.165) is 32.1 Å². The van der Waals surface area contributed by atoms with Gasteiger partial charge in [0.1, 0.15) is 0 Å². The highest BCUT2D eigenvalue weighted by Crippen LogP contribution is 2.47. The smallest absolute Gasteiger partial charge is 0.212 e. The highest BCUT2D eigenvalue weighted by atomic mass is 16.5. The summed E-state index contributed by atoms with van der Waals surface area (Å²) in [5.74, 6) is 1.21. The molecule has 4 nitrogen and oxygen atoms in total. The molecule has 0 aliphatic heterocycles. The lowest BCUT2D eigenvalue weighted by atomic mass is 9.66. The number of hydrogen-bond acceptors (Lipinski definition) is 4. The van der Waals surface area contributed by atoms with Crippen LogP contribution in [0.25, 0.3) is 0 Å². The molecule has 0 radical (unpaired) electrons. The van der Waals surface area contributed by atoms with Crippen molar-refractivity contribution in [1.29, 1.82) is 5.26 Å². The molecule has 1 heterocycles. The summed E-state index contributed by atoms with van der Waals surface area (Å²) in [6.07, 6.45) is 5.54. The molecule has 1 unspecified atom stereocenters. The number of pyridine rings is 1. The fourth-order valence-electron chi connectivity index (χ4n) is 3.04. The van der Waals surface area contributed by atoms with E-state index in [9.17, 15) is 10.4 Å². The Morgan fingerprint density at radius 1 is 1.50 bits per heavy atom. The minimum absolute atomic E-state index is 0.515. The number of nitriles is 1. The van der Waals surface area contributed by atoms with Gasteiger partial charge in [0.2, 0.25) is 5.88 Å². The molecule has 1 aliphatic rings. The minimum atomic E-state index is -0.774. The zero-order valence-electron chi connectivity index (χ0n) is 12.2. The molecule has 0 spiro atoms. The van der Waals surface area contributed by atoms with Gasteiger partial charge < -0.3 is 9.84 Å². The lowest BCUT2D eigenvalue weighted by molar-refractivity contribution is 0.0240. The van der Waals surface area contributed by atoms with E-state index in [1.54, 1.807) is 25.4 Å². The van der Waals surface area contributed by atoms with E-state index < -0.39 is 11.5 Å². The van der Waals surface area contributed by atoms with E-state index in [1.807, 2.05) is 0 Å². The van der Waals surface area contributed by atoms with Crippen molar-refractivity contribution < 1.29 is 9.84 Å². The summed E-state index contributed by atoms with van der Waals surface area (Å²) in [7, 11) is 1.56. The molecule has 2 rings (SSSR count). The van der Waals surface area contributed by atoms with Gasteiger partial charge in [-0.15, -0.1) is 0 Å². The van der Waals surface area contributed by atoms with E-state index in [1.165, 1.54) is 0 Å². The predicted molar refractivity (Wildman–Crippen MR) is 76.0 cm³/mol. The first-order chi connectivity index (χ1) is 9.65. The molecule has 1 aromatic heterocycles. The number of aliphatic hydroxyl groups is 1. The fraction of sp³-hybridized carbons (Fsp3) is 0.625. The average molecular weight is 274 g/mol. The first kappa shape index (κ1) is 14.8. The van der Waals surface area contributed by atoms with Gasteiger partial charge in [0.05, 0.1) is 24.7 Å². The first-order valence-corrected chi connectivity index (χ1v) is 7.24. The van der Waals surface area contributed by atoms with Crippen molar-refractivity contribution in [3.63, 3.8) is 0 Å². The van der Waals surface area contributed by atoms with Crippen LogP contribution >= 0.6 is 0 Å². The average Bonchev–Trinajstić information content (AvgIpc) is 2.54. The van der Waals surface area contributed by atoms with Gasteiger partial charge in [-0.2, -0.15) is 5.26 Å². The third-order valence-corrected chi connectivity index (χ3v) is 4.60. The molecule has 0 saturated heterocycles. The van der Waals surface area contributed by atoms with Crippen LogP contribution in [0.15, 0.2) is 18.3 Å². The number of methoxy groups -OCH3 is 1. The molecule has 0 bridgehead atoms. The number of nitrogens with zero attached hydrogens (tertiary/aromatic N) is 2. The van der Waals surface area contributed by atoms with E-state index >= 15 is 0 Å². The lowest BCUT2D eigenvalue weighted by Gasteiger charge is -2.38. The van der Waals surface area contributed by atoms with Crippen molar-refractivity contribution in [2.24, 2.45) is 11.3 Å². The normalized spacial score (nSPS) is 27.6. The van der Waals surface area contributed by atoms with Crippen molar-refractivity contribution in [1.82, 2.24) is 4.98 Å². The van der Waals surface area contributed by atoms with E-state index in [0.29, 0.717) is 17.4 Å². The molecule has 0 amide bonds. The Kier molecular flexibility index (Phi) is 4.61. The van der Waals surface area contributed by atoms with Crippen LogP contribution in [0.3, 0.4) is 0 Å². The monoisotopic (exact) mass is 274 g/mol. The summed E-state index contributed by atoms with van der Waals surface area (Å²) < 4.78 is 5.02. The van der Waals surface area contributed by atoms with Crippen LogP contribution in [-0.2, 0) is 0 Å². The molecular weight excluding hydrogens is 252 g/mol. The predicted octanol–water partition coefficient (Wildman–Crippen LogP) is 3.23. The quantitative estimate of drug-likeness (QED) is 0.915. The van der Waals surface area contributed by atoms with Crippen LogP contribution in [-0.4, -0.2) is 17.2 Å². The van der Waals surface area contributed by atoms with Crippen molar-refractivity contribution in [2.45, 2.75) is 45.1 Å². The molecule has 1 aromatic rings. The van der Waals surface area contributed by atoms with Crippen LogP contribution in [0.2, 0.25) is 0 Å². The molecule has 1 N–H and O–H groups in total. The van der Waals surface area contributed by atoms with Crippen LogP contribution in [0.1, 0.15) is 50.7 Å². The highest BCUT2D eigenvalue weighted by Gasteiger charge is 2.42. The Hall–Kier alpha value is -1.60. The van der Waals surface area contributed by atoms with Crippen molar-refractivity contribution in [2.75, 3.05) is 7.11 Å². The topological polar surface area (TPSA) is 66.1 Å². The summed E-state index contributed by atoms with van der Waals surface area (Å²) in [5, 5.41) is 20.2. The molecule has 1 atom stereocenters. The molecule has 1 aliphatic carbocycles. The number of aliphatic hydroxyl groups excluding tert-OH is 1. The van der Waals surface area contributed by atoms with Gasteiger partial charge in [0, 0.05) is 17.8 Å². The zero-order chi connectivity index (χ0) is 14.6. The number of rotatable bonds is 4. The Morgan fingerprint density at radius 2 is 2.20 bits per heavy atom. The van der Waals surface area contributed by atoms with E-state index in [2.05, 4.69) is 18.0 Å². The minimum Gasteiger partial charge on any atom is -0.481 e. The van der Waals surface area contributed by atoms with E-state index in [-0.39, 0.29) is 0 Å². The number of ether oxygens (including phenoxy) is 1. The SMILES string of the molecule is CCC1CCC(C#N)(C(O)c2ccc(OC)nc2)CC1. The maximum absolute atomic E-state index is 10.6. The lowest BCUT2D eigenvalue weighted by Crippen LogP contribution is -2.32. The second kappa shape index (κ2) is 6.23. The van der Waals surface area contributed by atoms with Gasteiger partial charge in [-0.1, -0.05) is 13.3 Å². The third kappa shape index (κ3) is 2.78. The van der Waals surface area contributed by atoms with Gasteiger partial charge in [0.25, 0.3) is 0 Å². The van der Waals surface area contributed by atoms with Crippen molar-refractivity contribution in [3.8, 4) is 11.9 Å². The van der Waals surface area contributed by atoms with Crippen LogP contribution in [0.5, 0.6) is 5.88 Å². The second-order valence-electron chi connectivity index (χ2n) is 5.66. The molecule has 0 aromatic carbocycles. The molecular formula is C16H22N2O2. The fourth-order valence-corrected chi connectivity index (χ4v) is 3.04. The molecule has 1 fully saturated rings. The van der Waals surface area contributed by atoms with E-state index in [4.69, 9.17) is 4.74 Å². The largest absolute Gasteiger partial charge is 0.481 e. The van der Waals surface area contributed by atoms with Gasteiger partial charge in [-0.3, -0.25) is 0 Å². The molecule has 4 heteroatoms. The maximum atomic E-state index is 10.6. The standard InChI is InChI=1S/C16H22N2O2/c1-3-12-6-8-16(11-17,9-7-12)15(19)13-4-5-14(20-2)18-10-13/h4-5,10,12,15,19H,3,6-9H2,1-2H3. The Balaban J connectivity index is 2.16. The number of aromatic nitrogens is 1. The summed E-state index contributed by atoms with van der Waals surface area (Å²) in [6, 6.07) is 5.90. The van der Waals surface area contributed by atoms with Crippen LogP contribution in [0, 0.1) is 22.7 Å². The van der Waals surface area contributed by atoms with Crippen LogP contribution < -0.4 is 4.74 Å².